The van der Waals surface area contributed by atoms with Gasteiger partial charge in [-0.2, -0.15) is 5.10 Å². The molecule has 1 aromatic heterocycles. The minimum Gasteiger partial charge on any atom is -0.335 e. The van der Waals surface area contributed by atoms with Crippen LogP contribution in [0.5, 0.6) is 0 Å². The molecule has 3 aromatic rings. The highest BCUT2D eigenvalue weighted by Crippen LogP contribution is 2.27. The van der Waals surface area contributed by atoms with E-state index in [0.29, 0.717) is 30.8 Å². The molecule has 6 nitrogen and oxygen atoms in total. The summed E-state index contributed by atoms with van der Waals surface area (Å²) in [5.41, 5.74) is 4.22. The molecule has 0 bridgehead atoms. The van der Waals surface area contributed by atoms with Crippen molar-refractivity contribution in [1.82, 2.24) is 14.7 Å². The summed E-state index contributed by atoms with van der Waals surface area (Å²) in [5.74, 6) is 0.00362. The van der Waals surface area contributed by atoms with Gasteiger partial charge in [-0.25, -0.2) is 8.42 Å². The molecule has 1 saturated heterocycles. The predicted octanol–water partition coefficient (Wildman–Crippen LogP) is 3.56. The number of benzene rings is 2. The summed E-state index contributed by atoms with van der Waals surface area (Å²) < 4.78 is 25.8. The molecule has 0 N–H and O–H groups in total. The molecular formula is C24H27N3O3S. The topological polar surface area (TPSA) is 72.3 Å². The van der Waals surface area contributed by atoms with E-state index in [4.69, 9.17) is 5.10 Å². The predicted molar refractivity (Wildman–Crippen MR) is 122 cm³/mol. The summed E-state index contributed by atoms with van der Waals surface area (Å²) in [6.45, 7) is 4.92. The maximum atomic E-state index is 13.6. The third-order valence-corrected chi connectivity index (χ3v) is 7.51. The lowest BCUT2D eigenvalue weighted by Gasteiger charge is -2.26. The number of sulfone groups is 1. The average Bonchev–Trinajstić information content (AvgIpc) is 3.33. The summed E-state index contributed by atoms with van der Waals surface area (Å²) in [6, 6.07) is 17.6. The van der Waals surface area contributed by atoms with E-state index in [1.54, 1.807) is 15.8 Å². The van der Waals surface area contributed by atoms with Gasteiger partial charge in [-0.1, -0.05) is 60.2 Å². The maximum absolute atomic E-state index is 13.6. The van der Waals surface area contributed by atoms with Crippen molar-refractivity contribution in [2.24, 2.45) is 0 Å². The van der Waals surface area contributed by atoms with Crippen molar-refractivity contribution < 1.29 is 13.2 Å². The molecule has 1 aliphatic heterocycles. The number of hydrogen-bond acceptors (Lipinski definition) is 4. The average molecular weight is 438 g/mol. The van der Waals surface area contributed by atoms with Gasteiger partial charge in [0.05, 0.1) is 23.6 Å². The molecule has 0 unspecified atom stereocenters. The smallest absolute Gasteiger partial charge is 0.257 e. The minimum absolute atomic E-state index is 0.0323. The highest BCUT2D eigenvalue weighted by molar-refractivity contribution is 7.91. The van der Waals surface area contributed by atoms with Crippen molar-refractivity contribution in [2.45, 2.75) is 32.9 Å². The van der Waals surface area contributed by atoms with Gasteiger partial charge in [0, 0.05) is 24.3 Å². The molecule has 1 fully saturated rings. The summed E-state index contributed by atoms with van der Waals surface area (Å²) >= 11 is 0. The molecule has 4 rings (SSSR count). The van der Waals surface area contributed by atoms with Gasteiger partial charge in [-0.15, -0.1) is 0 Å². The number of carbonyl (C=O) groups is 1. The number of carbonyl (C=O) groups excluding carboxylic acids is 1. The number of hydrogen-bond donors (Lipinski definition) is 0. The zero-order valence-corrected chi connectivity index (χ0v) is 18.7. The van der Waals surface area contributed by atoms with Crippen LogP contribution < -0.4 is 0 Å². The van der Waals surface area contributed by atoms with E-state index in [1.807, 2.05) is 68.4 Å². The van der Waals surface area contributed by atoms with Crippen LogP contribution in [0.1, 0.15) is 34.8 Å². The Morgan fingerprint density at radius 3 is 2.45 bits per heavy atom. The van der Waals surface area contributed by atoms with Gasteiger partial charge in [0.15, 0.2) is 9.84 Å². The van der Waals surface area contributed by atoms with Crippen LogP contribution in [0.2, 0.25) is 0 Å². The Hall–Kier alpha value is -2.93. The molecule has 7 heteroatoms. The van der Waals surface area contributed by atoms with E-state index < -0.39 is 9.84 Å². The molecule has 1 aliphatic rings. The molecule has 0 spiro atoms. The first-order valence-electron chi connectivity index (χ1n) is 10.6. The SMILES string of the molecule is CCN(C(=O)c1cn(Cc2ccccc2)nc1-c1ccc(C)cc1)[C@H]1CCS(=O)(=O)C1. The first-order valence-corrected chi connectivity index (χ1v) is 12.4. The van der Waals surface area contributed by atoms with Crippen LogP contribution in [0.15, 0.2) is 60.8 Å². The largest absolute Gasteiger partial charge is 0.335 e. The zero-order valence-electron chi connectivity index (χ0n) is 17.9. The van der Waals surface area contributed by atoms with Crippen LogP contribution in [0.25, 0.3) is 11.3 Å². The Balaban J connectivity index is 1.71. The van der Waals surface area contributed by atoms with Crippen LogP contribution >= 0.6 is 0 Å². The molecule has 162 valence electrons. The zero-order chi connectivity index (χ0) is 22.0. The fraction of sp³-hybridized carbons (Fsp3) is 0.333. The van der Waals surface area contributed by atoms with Crippen LogP contribution in [0, 0.1) is 6.92 Å². The van der Waals surface area contributed by atoms with E-state index in [9.17, 15) is 13.2 Å². The summed E-state index contributed by atoms with van der Waals surface area (Å²) in [4.78, 5) is 15.3. The van der Waals surface area contributed by atoms with Crippen LogP contribution in [-0.2, 0) is 16.4 Å². The second kappa shape index (κ2) is 8.67. The van der Waals surface area contributed by atoms with Crippen molar-refractivity contribution in [3.8, 4) is 11.3 Å². The van der Waals surface area contributed by atoms with Gasteiger partial charge in [-0.05, 0) is 25.8 Å². The lowest BCUT2D eigenvalue weighted by atomic mass is 10.0. The Morgan fingerprint density at radius 1 is 1.13 bits per heavy atom. The quantitative estimate of drug-likeness (QED) is 0.591. The Labute approximate surface area is 183 Å². The standard InChI is InChI=1S/C24H27N3O3S/c1-3-27(21-13-14-31(29,30)17-21)24(28)22-16-26(15-19-7-5-4-6-8-19)25-23(22)20-11-9-18(2)10-12-20/h4-12,16,21H,3,13-15,17H2,1-2H3/t21-/m0/s1. The first kappa shape index (κ1) is 21.3. The number of nitrogens with zero attached hydrogens (tertiary/aromatic N) is 3. The number of aryl methyl sites for hydroxylation is 1. The lowest BCUT2D eigenvalue weighted by Crippen LogP contribution is -2.41. The van der Waals surface area contributed by atoms with E-state index in [1.165, 1.54) is 0 Å². The fourth-order valence-electron chi connectivity index (χ4n) is 4.10. The van der Waals surface area contributed by atoms with Gasteiger partial charge in [0.1, 0.15) is 5.69 Å². The van der Waals surface area contributed by atoms with Gasteiger partial charge in [-0.3, -0.25) is 9.48 Å². The third kappa shape index (κ3) is 4.71. The minimum atomic E-state index is -3.08. The molecular weight excluding hydrogens is 410 g/mol. The lowest BCUT2D eigenvalue weighted by molar-refractivity contribution is 0.0709. The van der Waals surface area contributed by atoms with Gasteiger partial charge in [0.2, 0.25) is 0 Å². The Bertz CT molecular complexity index is 1170. The third-order valence-electron chi connectivity index (χ3n) is 5.76. The van der Waals surface area contributed by atoms with E-state index in [0.717, 1.165) is 16.7 Å². The van der Waals surface area contributed by atoms with Crippen molar-refractivity contribution in [2.75, 3.05) is 18.1 Å². The van der Waals surface area contributed by atoms with E-state index in [-0.39, 0.29) is 23.5 Å². The second-order valence-electron chi connectivity index (χ2n) is 8.09. The van der Waals surface area contributed by atoms with Gasteiger partial charge >= 0.3 is 0 Å². The highest BCUT2D eigenvalue weighted by atomic mass is 32.2. The summed E-state index contributed by atoms with van der Waals surface area (Å²) in [7, 11) is -3.08. The van der Waals surface area contributed by atoms with Crippen molar-refractivity contribution in [1.29, 1.82) is 0 Å². The molecule has 2 heterocycles. The molecule has 0 aliphatic carbocycles. The van der Waals surface area contributed by atoms with Crippen molar-refractivity contribution in [3.05, 3.63) is 77.5 Å². The van der Waals surface area contributed by atoms with Crippen LogP contribution in [0.4, 0.5) is 0 Å². The van der Waals surface area contributed by atoms with Crippen molar-refractivity contribution in [3.63, 3.8) is 0 Å². The maximum Gasteiger partial charge on any atom is 0.257 e. The molecule has 1 amide bonds. The molecule has 1 atom stereocenters. The number of aromatic nitrogens is 2. The van der Waals surface area contributed by atoms with E-state index in [2.05, 4.69) is 0 Å². The first-order chi connectivity index (χ1) is 14.9. The Morgan fingerprint density at radius 2 is 1.84 bits per heavy atom. The second-order valence-corrected chi connectivity index (χ2v) is 10.3. The van der Waals surface area contributed by atoms with Crippen LogP contribution in [-0.4, -0.2) is 53.1 Å². The molecule has 0 saturated carbocycles. The highest BCUT2D eigenvalue weighted by Gasteiger charge is 2.35. The normalized spacial score (nSPS) is 17.5. The molecule has 0 radical (unpaired) electrons. The number of rotatable bonds is 6. The monoisotopic (exact) mass is 437 g/mol. The summed E-state index contributed by atoms with van der Waals surface area (Å²) in [5, 5.41) is 4.75. The fourth-order valence-corrected chi connectivity index (χ4v) is 5.83. The van der Waals surface area contributed by atoms with E-state index >= 15 is 0 Å². The Kier molecular flexibility index (Phi) is 5.96. The van der Waals surface area contributed by atoms with Gasteiger partial charge < -0.3 is 4.90 Å². The van der Waals surface area contributed by atoms with Crippen molar-refractivity contribution >= 4 is 15.7 Å². The molecule has 2 aromatic carbocycles. The van der Waals surface area contributed by atoms with Crippen LogP contribution in [0.3, 0.4) is 0 Å². The molecule has 31 heavy (non-hydrogen) atoms. The summed E-state index contributed by atoms with van der Waals surface area (Å²) in [6.07, 6.45) is 2.27. The number of amides is 1. The van der Waals surface area contributed by atoms with Gasteiger partial charge in [0.25, 0.3) is 5.91 Å².